The summed E-state index contributed by atoms with van der Waals surface area (Å²) in [5.74, 6) is -0.584. The summed E-state index contributed by atoms with van der Waals surface area (Å²) in [7, 11) is 0. The van der Waals surface area contributed by atoms with E-state index >= 15 is 0 Å². The number of hydrogen-bond donors (Lipinski definition) is 0. The van der Waals surface area contributed by atoms with E-state index in [2.05, 4.69) is 12.1 Å². The monoisotopic (exact) mass is 306 g/mol. The SMILES string of the molecule is Cc1cc(C)c(C2C(=O)CC(Cc3ccccc3)C2=O)c(C)c1. The van der Waals surface area contributed by atoms with Gasteiger partial charge in [-0.1, -0.05) is 48.0 Å². The summed E-state index contributed by atoms with van der Waals surface area (Å²) in [6, 6.07) is 14.1. The van der Waals surface area contributed by atoms with Crippen LogP contribution in [0.2, 0.25) is 0 Å². The van der Waals surface area contributed by atoms with E-state index in [4.69, 9.17) is 0 Å². The molecule has 2 aromatic rings. The smallest absolute Gasteiger partial charge is 0.151 e. The molecule has 1 aliphatic rings. The fraction of sp³-hybridized carbons (Fsp3) is 0.333. The Balaban J connectivity index is 1.91. The largest absolute Gasteiger partial charge is 0.298 e. The fourth-order valence-corrected chi connectivity index (χ4v) is 3.88. The summed E-state index contributed by atoms with van der Waals surface area (Å²) in [6.45, 7) is 6.04. The van der Waals surface area contributed by atoms with Gasteiger partial charge in [-0.2, -0.15) is 0 Å². The lowest BCUT2D eigenvalue weighted by molar-refractivity contribution is -0.124. The van der Waals surface area contributed by atoms with E-state index in [0.29, 0.717) is 12.8 Å². The van der Waals surface area contributed by atoms with Crippen LogP contribution in [0.1, 0.15) is 40.2 Å². The zero-order valence-corrected chi connectivity index (χ0v) is 13.9. The molecule has 118 valence electrons. The molecule has 2 unspecified atom stereocenters. The van der Waals surface area contributed by atoms with Gasteiger partial charge in [-0.25, -0.2) is 0 Å². The molecule has 0 bridgehead atoms. The molecule has 23 heavy (non-hydrogen) atoms. The average Bonchev–Trinajstić information content (AvgIpc) is 2.75. The molecule has 3 rings (SSSR count). The van der Waals surface area contributed by atoms with Crippen LogP contribution in [0.15, 0.2) is 42.5 Å². The van der Waals surface area contributed by atoms with Crippen LogP contribution in [0.3, 0.4) is 0 Å². The second-order valence-electron chi connectivity index (χ2n) is 6.70. The lowest BCUT2D eigenvalue weighted by Crippen LogP contribution is -2.18. The van der Waals surface area contributed by atoms with E-state index in [1.807, 2.05) is 51.1 Å². The highest BCUT2D eigenvalue weighted by molar-refractivity contribution is 6.15. The standard InChI is InChI=1S/C21H22O2/c1-13-9-14(2)19(15(3)10-13)20-18(22)12-17(21(20)23)11-16-7-5-4-6-8-16/h4-10,17,20H,11-12H2,1-3H3. The maximum absolute atomic E-state index is 12.9. The molecular formula is C21H22O2. The molecule has 2 atom stereocenters. The maximum Gasteiger partial charge on any atom is 0.151 e. The summed E-state index contributed by atoms with van der Waals surface area (Å²) in [5.41, 5.74) is 5.32. The normalized spacial score (nSPS) is 21.0. The Bertz CT molecular complexity index is 736. The molecule has 0 saturated heterocycles. The fourth-order valence-electron chi connectivity index (χ4n) is 3.88. The Morgan fingerprint density at radius 3 is 2.17 bits per heavy atom. The highest BCUT2D eigenvalue weighted by atomic mass is 16.2. The highest BCUT2D eigenvalue weighted by Gasteiger charge is 2.42. The molecule has 0 heterocycles. The van der Waals surface area contributed by atoms with Gasteiger partial charge in [0.15, 0.2) is 5.78 Å². The van der Waals surface area contributed by atoms with Gasteiger partial charge in [-0.05, 0) is 49.4 Å². The molecule has 2 heteroatoms. The van der Waals surface area contributed by atoms with E-state index in [1.165, 1.54) is 5.56 Å². The van der Waals surface area contributed by atoms with Crippen molar-refractivity contribution in [2.75, 3.05) is 0 Å². The van der Waals surface area contributed by atoms with Crippen LogP contribution in [-0.2, 0) is 16.0 Å². The van der Waals surface area contributed by atoms with Crippen molar-refractivity contribution in [2.45, 2.75) is 39.5 Å². The third-order valence-corrected chi connectivity index (χ3v) is 4.81. The molecule has 2 nitrogen and oxygen atoms in total. The van der Waals surface area contributed by atoms with Crippen molar-refractivity contribution in [3.8, 4) is 0 Å². The third-order valence-electron chi connectivity index (χ3n) is 4.81. The van der Waals surface area contributed by atoms with Crippen molar-refractivity contribution < 1.29 is 9.59 Å². The zero-order chi connectivity index (χ0) is 16.6. The van der Waals surface area contributed by atoms with Crippen LogP contribution < -0.4 is 0 Å². The van der Waals surface area contributed by atoms with Crippen LogP contribution in [0.5, 0.6) is 0 Å². The van der Waals surface area contributed by atoms with E-state index in [-0.39, 0.29) is 17.5 Å². The lowest BCUT2D eigenvalue weighted by atomic mass is 9.86. The molecule has 1 saturated carbocycles. The molecule has 0 N–H and O–H groups in total. The molecule has 0 aliphatic heterocycles. The summed E-state index contributed by atoms with van der Waals surface area (Å²) in [6.07, 6.45) is 1.02. The highest BCUT2D eigenvalue weighted by Crippen LogP contribution is 2.37. The van der Waals surface area contributed by atoms with Gasteiger partial charge in [0.25, 0.3) is 0 Å². The van der Waals surface area contributed by atoms with Crippen LogP contribution in [-0.4, -0.2) is 11.6 Å². The van der Waals surface area contributed by atoms with Crippen LogP contribution >= 0.6 is 0 Å². The average molecular weight is 306 g/mol. The minimum absolute atomic E-state index is 0.0750. The van der Waals surface area contributed by atoms with Gasteiger partial charge in [0.05, 0.1) is 0 Å². The first-order valence-electron chi connectivity index (χ1n) is 8.15. The predicted molar refractivity (Wildman–Crippen MR) is 91.7 cm³/mol. The molecule has 0 spiro atoms. The number of carbonyl (C=O) groups excluding carboxylic acids is 2. The Hall–Kier alpha value is -2.22. The van der Waals surface area contributed by atoms with Crippen molar-refractivity contribution in [1.29, 1.82) is 0 Å². The van der Waals surface area contributed by atoms with E-state index in [0.717, 1.165) is 22.3 Å². The summed E-state index contributed by atoms with van der Waals surface area (Å²) in [5, 5.41) is 0. The van der Waals surface area contributed by atoms with Gasteiger partial charge in [-0.15, -0.1) is 0 Å². The molecule has 1 fully saturated rings. The molecule has 2 aromatic carbocycles. The maximum atomic E-state index is 12.9. The Kier molecular flexibility index (Phi) is 4.16. The number of benzene rings is 2. The van der Waals surface area contributed by atoms with Gasteiger partial charge in [0.1, 0.15) is 11.7 Å². The minimum atomic E-state index is -0.565. The molecule has 0 amide bonds. The van der Waals surface area contributed by atoms with Crippen molar-refractivity contribution in [3.63, 3.8) is 0 Å². The van der Waals surface area contributed by atoms with Gasteiger partial charge >= 0.3 is 0 Å². The predicted octanol–water partition coefficient (Wildman–Crippen LogP) is 4.10. The van der Waals surface area contributed by atoms with Gasteiger partial charge < -0.3 is 0 Å². The molecule has 0 aromatic heterocycles. The third kappa shape index (κ3) is 2.98. The first-order valence-corrected chi connectivity index (χ1v) is 8.15. The van der Waals surface area contributed by atoms with Crippen molar-refractivity contribution >= 4 is 11.6 Å². The quantitative estimate of drug-likeness (QED) is 0.800. The van der Waals surface area contributed by atoms with Gasteiger partial charge in [0.2, 0.25) is 0 Å². The Labute approximate surface area is 137 Å². The van der Waals surface area contributed by atoms with E-state index < -0.39 is 5.92 Å². The number of ketones is 2. The number of aryl methyl sites for hydroxylation is 3. The summed E-state index contributed by atoms with van der Waals surface area (Å²) >= 11 is 0. The van der Waals surface area contributed by atoms with Gasteiger partial charge in [-0.3, -0.25) is 9.59 Å². The zero-order valence-electron chi connectivity index (χ0n) is 13.9. The van der Waals surface area contributed by atoms with Crippen molar-refractivity contribution in [3.05, 3.63) is 70.3 Å². The van der Waals surface area contributed by atoms with Crippen molar-refractivity contribution in [1.82, 2.24) is 0 Å². The van der Waals surface area contributed by atoms with Crippen LogP contribution in [0.4, 0.5) is 0 Å². The lowest BCUT2D eigenvalue weighted by Gasteiger charge is -2.16. The Morgan fingerprint density at radius 1 is 0.957 bits per heavy atom. The topological polar surface area (TPSA) is 34.1 Å². The van der Waals surface area contributed by atoms with Crippen molar-refractivity contribution in [2.24, 2.45) is 5.92 Å². The molecular weight excluding hydrogens is 284 g/mol. The first-order chi connectivity index (χ1) is 11.0. The minimum Gasteiger partial charge on any atom is -0.298 e. The van der Waals surface area contributed by atoms with E-state index in [1.54, 1.807) is 0 Å². The second-order valence-corrected chi connectivity index (χ2v) is 6.70. The number of rotatable bonds is 3. The Morgan fingerprint density at radius 2 is 1.57 bits per heavy atom. The number of hydrogen-bond acceptors (Lipinski definition) is 2. The van der Waals surface area contributed by atoms with E-state index in [9.17, 15) is 9.59 Å². The summed E-state index contributed by atoms with van der Waals surface area (Å²) < 4.78 is 0. The summed E-state index contributed by atoms with van der Waals surface area (Å²) in [4.78, 5) is 25.4. The first kappa shape index (κ1) is 15.7. The van der Waals surface area contributed by atoms with Crippen LogP contribution in [0.25, 0.3) is 0 Å². The molecule has 1 aliphatic carbocycles. The number of Topliss-reactive ketones (excluding diaryl/α,β-unsaturated/α-hetero) is 2. The molecule has 0 radical (unpaired) electrons. The van der Waals surface area contributed by atoms with Gasteiger partial charge in [0, 0.05) is 12.3 Å². The van der Waals surface area contributed by atoms with Crippen LogP contribution in [0, 0.1) is 26.7 Å². The second kappa shape index (κ2) is 6.11. The number of carbonyl (C=O) groups is 2.